The van der Waals surface area contributed by atoms with Crippen LogP contribution in [0.2, 0.25) is 0 Å². The minimum atomic E-state index is -0.697. The van der Waals surface area contributed by atoms with Gasteiger partial charge in [0.2, 0.25) is 5.88 Å². The van der Waals surface area contributed by atoms with E-state index in [-0.39, 0.29) is 17.8 Å². The van der Waals surface area contributed by atoms with Gasteiger partial charge < -0.3 is 19.1 Å². The van der Waals surface area contributed by atoms with Gasteiger partial charge in [0, 0.05) is 43.8 Å². The van der Waals surface area contributed by atoms with E-state index in [2.05, 4.69) is 4.98 Å². The van der Waals surface area contributed by atoms with E-state index in [9.17, 15) is 14.0 Å². The predicted octanol–water partition coefficient (Wildman–Crippen LogP) is 3.34. The predicted molar refractivity (Wildman–Crippen MR) is 111 cm³/mol. The van der Waals surface area contributed by atoms with Crippen LogP contribution in [-0.2, 0) is 16.0 Å². The highest BCUT2D eigenvalue weighted by Crippen LogP contribution is 2.32. The average Bonchev–Trinajstić information content (AvgIpc) is 3.32. The van der Waals surface area contributed by atoms with Gasteiger partial charge in [-0.15, -0.1) is 0 Å². The summed E-state index contributed by atoms with van der Waals surface area (Å²) in [6, 6.07) is 6.33. The first-order chi connectivity index (χ1) is 15.0. The molecule has 1 aliphatic carbocycles. The number of fused-ring (bicyclic) bond motifs is 1. The summed E-state index contributed by atoms with van der Waals surface area (Å²) in [5.41, 5.74) is 1.22. The summed E-state index contributed by atoms with van der Waals surface area (Å²) in [7, 11) is 1.62. The van der Waals surface area contributed by atoms with Gasteiger partial charge >= 0.3 is 0 Å². The van der Waals surface area contributed by atoms with Crippen molar-refractivity contribution in [3.63, 3.8) is 0 Å². The highest BCUT2D eigenvalue weighted by atomic mass is 19.1. The first-order valence-electron chi connectivity index (χ1n) is 10.5. The number of ether oxygens (including phenoxy) is 3. The number of hydrogen-bond donors (Lipinski definition) is 0. The summed E-state index contributed by atoms with van der Waals surface area (Å²) in [5, 5.41) is 0. The molecule has 1 fully saturated rings. The standard InChI is InChI=1S/C23H25FN2O5/c1-3-15(13-29-2)31-22-7-4-16(12-25-22)30-21-8-9-26(23(21)28)14-10-18-17(19(24)11-14)5-6-20(18)27/h4,7,10-12,15,21H,3,5-6,8-9,13H2,1-2H3. The Labute approximate surface area is 180 Å². The zero-order valence-corrected chi connectivity index (χ0v) is 17.6. The van der Waals surface area contributed by atoms with Crippen LogP contribution in [0.3, 0.4) is 0 Å². The molecule has 0 bridgehead atoms. The Hall–Kier alpha value is -3.00. The first kappa shape index (κ1) is 21.2. The van der Waals surface area contributed by atoms with Crippen molar-refractivity contribution in [3.05, 3.63) is 47.4 Å². The smallest absolute Gasteiger partial charge is 0.268 e. The van der Waals surface area contributed by atoms with Crippen molar-refractivity contribution in [1.29, 1.82) is 0 Å². The molecule has 0 N–H and O–H groups in total. The van der Waals surface area contributed by atoms with Gasteiger partial charge in [0.15, 0.2) is 11.9 Å². The van der Waals surface area contributed by atoms with E-state index in [0.29, 0.717) is 60.9 Å². The Kier molecular flexibility index (Phi) is 6.18. The van der Waals surface area contributed by atoms with Crippen molar-refractivity contribution < 1.29 is 28.2 Å². The number of aromatic nitrogens is 1. The zero-order valence-electron chi connectivity index (χ0n) is 17.6. The maximum atomic E-state index is 14.4. The molecule has 4 rings (SSSR count). The fourth-order valence-electron chi connectivity index (χ4n) is 3.94. The Morgan fingerprint density at radius 2 is 2.10 bits per heavy atom. The van der Waals surface area contributed by atoms with Gasteiger partial charge in [-0.1, -0.05) is 6.92 Å². The Morgan fingerprint density at radius 1 is 1.26 bits per heavy atom. The lowest BCUT2D eigenvalue weighted by Crippen LogP contribution is -2.32. The highest BCUT2D eigenvalue weighted by molar-refractivity contribution is 6.04. The fraction of sp³-hybridized carbons (Fsp3) is 0.435. The van der Waals surface area contributed by atoms with Gasteiger partial charge in [-0.05, 0) is 36.6 Å². The number of nitrogens with zero attached hydrogens (tertiary/aromatic N) is 2. The molecule has 0 saturated carbocycles. The van der Waals surface area contributed by atoms with E-state index in [1.807, 2.05) is 6.92 Å². The van der Waals surface area contributed by atoms with Crippen molar-refractivity contribution in [1.82, 2.24) is 4.98 Å². The van der Waals surface area contributed by atoms with E-state index < -0.39 is 11.9 Å². The Bertz CT molecular complexity index is 979. The van der Waals surface area contributed by atoms with Crippen LogP contribution in [-0.4, -0.2) is 49.1 Å². The van der Waals surface area contributed by atoms with E-state index in [1.165, 1.54) is 17.2 Å². The Balaban J connectivity index is 1.42. The number of amides is 1. The molecule has 2 aromatic rings. The fourth-order valence-corrected chi connectivity index (χ4v) is 3.94. The lowest BCUT2D eigenvalue weighted by molar-refractivity contribution is -0.122. The summed E-state index contributed by atoms with van der Waals surface area (Å²) in [4.78, 5) is 30.6. The zero-order chi connectivity index (χ0) is 22.0. The summed E-state index contributed by atoms with van der Waals surface area (Å²) in [5.74, 6) is 0.112. The summed E-state index contributed by atoms with van der Waals surface area (Å²) in [6.07, 6.45) is 2.69. The van der Waals surface area contributed by atoms with Crippen LogP contribution in [0, 0.1) is 5.82 Å². The number of hydrogen-bond acceptors (Lipinski definition) is 6. The van der Waals surface area contributed by atoms with Crippen LogP contribution in [0.5, 0.6) is 11.6 Å². The molecule has 1 aromatic carbocycles. The number of rotatable bonds is 8. The second kappa shape index (κ2) is 9.01. The van der Waals surface area contributed by atoms with Crippen LogP contribution in [0.15, 0.2) is 30.5 Å². The highest BCUT2D eigenvalue weighted by Gasteiger charge is 2.36. The normalized spacial score (nSPS) is 18.9. The molecule has 1 aliphatic heterocycles. The van der Waals surface area contributed by atoms with Crippen molar-refractivity contribution >= 4 is 17.4 Å². The van der Waals surface area contributed by atoms with Crippen LogP contribution >= 0.6 is 0 Å². The third-order valence-corrected chi connectivity index (χ3v) is 5.63. The van der Waals surface area contributed by atoms with Gasteiger partial charge in [0.05, 0.1) is 12.8 Å². The number of anilines is 1. The first-order valence-corrected chi connectivity index (χ1v) is 10.5. The summed E-state index contributed by atoms with van der Waals surface area (Å²) in [6.45, 7) is 2.86. The monoisotopic (exact) mass is 428 g/mol. The molecule has 31 heavy (non-hydrogen) atoms. The number of Topliss-reactive ketones (excluding diaryl/α,β-unsaturated/α-hetero) is 1. The van der Waals surface area contributed by atoms with Gasteiger partial charge in [-0.3, -0.25) is 9.59 Å². The minimum Gasteiger partial charge on any atom is -0.479 e. The van der Waals surface area contributed by atoms with E-state index in [4.69, 9.17) is 14.2 Å². The van der Waals surface area contributed by atoms with Gasteiger partial charge in [-0.2, -0.15) is 0 Å². The summed E-state index contributed by atoms with van der Waals surface area (Å²) < 4.78 is 31.1. The molecule has 0 radical (unpaired) electrons. The lowest BCUT2D eigenvalue weighted by atomic mass is 10.1. The maximum Gasteiger partial charge on any atom is 0.268 e. The van der Waals surface area contributed by atoms with E-state index in [1.54, 1.807) is 25.3 Å². The minimum absolute atomic E-state index is 0.0839. The van der Waals surface area contributed by atoms with Gasteiger partial charge in [0.25, 0.3) is 5.91 Å². The molecular formula is C23H25FN2O5. The third-order valence-electron chi connectivity index (χ3n) is 5.63. The van der Waals surface area contributed by atoms with E-state index >= 15 is 0 Å². The maximum absolute atomic E-state index is 14.4. The molecule has 1 amide bonds. The summed E-state index contributed by atoms with van der Waals surface area (Å²) >= 11 is 0. The number of halogens is 1. The third kappa shape index (κ3) is 4.39. The SMILES string of the molecule is CCC(COC)Oc1ccc(OC2CCN(c3cc(F)c4c(c3)C(=O)CC4)C2=O)cn1. The molecule has 1 saturated heterocycles. The number of benzene rings is 1. The molecule has 8 heteroatoms. The second-order valence-corrected chi connectivity index (χ2v) is 7.70. The molecule has 2 atom stereocenters. The number of carbonyl (C=O) groups excluding carboxylic acids is 2. The molecule has 1 aromatic heterocycles. The molecule has 2 unspecified atom stereocenters. The largest absolute Gasteiger partial charge is 0.479 e. The van der Waals surface area contributed by atoms with Crippen molar-refractivity contribution in [2.75, 3.05) is 25.2 Å². The number of methoxy groups -OCH3 is 1. The molecular weight excluding hydrogens is 403 g/mol. The number of carbonyl (C=O) groups is 2. The van der Waals surface area contributed by atoms with Crippen molar-refractivity contribution in [2.45, 2.75) is 44.8 Å². The molecule has 164 valence electrons. The quantitative estimate of drug-likeness (QED) is 0.642. The molecule has 0 spiro atoms. The van der Waals surface area contributed by atoms with Gasteiger partial charge in [0.1, 0.15) is 17.7 Å². The van der Waals surface area contributed by atoms with Crippen molar-refractivity contribution in [2.24, 2.45) is 0 Å². The number of ketones is 1. The average molecular weight is 428 g/mol. The van der Waals surface area contributed by atoms with E-state index in [0.717, 1.165) is 6.42 Å². The van der Waals surface area contributed by atoms with Crippen LogP contribution < -0.4 is 14.4 Å². The molecule has 7 nitrogen and oxygen atoms in total. The van der Waals surface area contributed by atoms with Gasteiger partial charge in [-0.25, -0.2) is 9.37 Å². The van der Waals surface area contributed by atoms with Crippen LogP contribution in [0.25, 0.3) is 0 Å². The molecule has 2 aliphatic rings. The van der Waals surface area contributed by atoms with Crippen LogP contribution in [0.4, 0.5) is 10.1 Å². The Morgan fingerprint density at radius 3 is 2.81 bits per heavy atom. The number of pyridine rings is 1. The lowest BCUT2D eigenvalue weighted by Gasteiger charge is -2.19. The second-order valence-electron chi connectivity index (χ2n) is 7.70. The van der Waals surface area contributed by atoms with Crippen LogP contribution in [0.1, 0.15) is 42.1 Å². The topological polar surface area (TPSA) is 78.0 Å². The van der Waals surface area contributed by atoms with Crippen molar-refractivity contribution in [3.8, 4) is 11.6 Å². The molecule has 2 heterocycles.